The first kappa shape index (κ1) is 22.2. The lowest BCUT2D eigenvalue weighted by molar-refractivity contribution is -0.122. The molecular weight excluding hydrogens is 416 g/mol. The number of nitrogens with zero attached hydrogens (tertiary/aromatic N) is 3. The number of carbonyl (C=O) groups excluding carboxylic acids is 2. The van der Waals surface area contributed by atoms with Gasteiger partial charge in [-0.15, -0.1) is 6.58 Å². The first-order valence-corrected chi connectivity index (χ1v) is 11.1. The number of hydrogen-bond acceptors (Lipinski definition) is 5. The van der Waals surface area contributed by atoms with Gasteiger partial charge in [0, 0.05) is 31.7 Å². The Labute approximate surface area is 181 Å². The van der Waals surface area contributed by atoms with Crippen molar-refractivity contribution in [3.05, 3.63) is 77.9 Å². The summed E-state index contributed by atoms with van der Waals surface area (Å²) in [6, 6.07) is 14.7. The Bertz CT molecular complexity index is 1120. The molecule has 1 heterocycles. The highest BCUT2D eigenvalue weighted by molar-refractivity contribution is 7.89. The van der Waals surface area contributed by atoms with Crippen LogP contribution in [0.4, 0.5) is 0 Å². The van der Waals surface area contributed by atoms with Crippen LogP contribution in [-0.4, -0.2) is 55.6 Å². The number of sulfonamides is 1. The number of piperazine rings is 1. The van der Waals surface area contributed by atoms with Crippen molar-refractivity contribution in [1.29, 1.82) is 5.26 Å². The van der Waals surface area contributed by atoms with Crippen LogP contribution in [-0.2, 0) is 21.4 Å². The van der Waals surface area contributed by atoms with Gasteiger partial charge in [-0.2, -0.15) is 9.57 Å². The Morgan fingerprint density at radius 3 is 2.45 bits per heavy atom. The van der Waals surface area contributed by atoms with Crippen LogP contribution in [0.25, 0.3) is 0 Å². The topological polar surface area (TPSA) is 111 Å². The first-order valence-electron chi connectivity index (χ1n) is 9.61. The van der Waals surface area contributed by atoms with Crippen LogP contribution in [0.15, 0.2) is 66.1 Å². The average Bonchev–Trinajstić information content (AvgIpc) is 2.79. The highest BCUT2D eigenvalue weighted by Crippen LogP contribution is 2.19. The molecule has 2 aromatic rings. The maximum absolute atomic E-state index is 13.0. The fourth-order valence-electron chi connectivity index (χ4n) is 3.20. The van der Waals surface area contributed by atoms with Gasteiger partial charge in [-0.3, -0.25) is 9.59 Å². The van der Waals surface area contributed by atoms with E-state index in [1.807, 2.05) is 0 Å². The largest absolute Gasteiger partial charge is 0.354 e. The molecule has 0 aromatic heterocycles. The van der Waals surface area contributed by atoms with Gasteiger partial charge in [0.2, 0.25) is 15.9 Å². The fourth-order valence-corrected chi connectivity index (χ4v) is 4.60. The van der Waals surface area contributed by atoms with Gasteiger partial charge in [0.25, 0.3) is 5.91 Å². The molecule has 0 spiro atoms. The second-order valence-corrected chi connectivity index (χ2v) is 8.93. The van der Waals surface area contributed by atoms with Crippen molar-refractivity contribution >= 4 is 21.8 Å². The Balaban J connectivity index is 1.77. The molecule has 0 radical (unpaired) electrons. The van der Waals surface area contributed by atoms with Crippen molar-refractivity contribution < 1.29 is 18.0 Å². The van der Waals surface area contributed by atoms with Crippen molar-refractivity contribution in [3.8, 4) is 6.07 Å². The zero-order chi connectivity index (χ0) is 22.4. The standard InChI is InChI=1S/C22H22N4O4S/c1-2-12-25(15-18-5-3-17(14-23)4-6-18)22(28)19-7-9-20(10-8-19)31(29,30)26-13-11-24-21(27)16-26/h2-10H,1,11-13,15-16H2,(H,24,27). The van der Waals surface area contributed by atoms with Crippen molar-refractivity contribution in [1.82, 2.24) is 14.5 Å². The summed E-state index contributed by atoms with van der Waals surface area (Å²) < 4.78 is 26.6. The van der Waals surface area contributed by atoms with Crippen LogP contribution < -0.4 is 5.32 Å². The zero-order valence-electron chi connectivity index (χ0n) is 16.8. The van der Waals surface area contributed by atoms with Crippen LogP contribution in [0.5, 0.6) is 0 Å². The quantitative estimate of drug-likeness (QED) is 0.659. The maximum atomic E-state index is 13.0. The van der Waals surface area contributed by atoms with Crippen molar-refractivity contribution in [2.24, 2.45) is 0 Å². The smallest absolute Gasteiger partial charge is 0.254 e. The lowest BCUT2D eigenvalue weighted by Gasteiger charge is -2.26. The van der Waals surface area contributed by atoms with Crippen molar-refractivity contribution in [2.45, 2.75) is 11.4 Å². The predicted octanol–water partition coefficient (Wildman–Crippen LogP) is 1.51. The maximum Gasteiger partial charge on any atom is 0.254 e. The van der Waals surface area contributed by atoms with E-state index in [0.29, 0.717) is 24.2 Å². The van der Waals surface area contributed by atoms with E-state index in [0.717, 1.165) is 9.87 Å². The molecule has 2 aromatic carbocycles. The minimum Gasteiger partial charge on any atom is -0.354 e. The number of benzene rings is 2. The van der Waals surface area contributed by atoms with E-state index in [2.05, 4.69) is 18.0 Å². The number of rotatable bonds is 7. The zero-order valence-corrected chi connectivity index (χ0v) is 17.6. The highest BCUT2D eigenvalue weighted by Gasteiger charge is 2.29. The molecule has 1 fully saturated rings. The lowest BCUT2D eigenvalue weighted by Crippen LogP contribution is -2.49. The normalized spacial score (nSPS) is 14.4. The second kappa shape index (κ2) is 9.55. The summed E-state index contributed by atoms with van der Waals surface area (Å²) in [5, 5.41) is 11.5. The SMILES string of the molecule is C=CCN(Cc1ccc(C#N)cc1)C(=O)c1ccc(S(=O)(=O)N2CCNC(=O)C2)cc1. The summed E-state index contributed by atoms with van der Waals surface area (Å²) in [5.41, 5.74) is 1.73. The summed E-state index contributed by atoms with van der Waals surface area (Å²) in [6.07, 6.45) is 1.61. The third kappa shape index (κ3) is 5.17. The van der Waals surface area contributed by atoms with Gasteiger partial charge in [-0.25, -0.2) is 8.42 Å². The van der Waals surface area contributed by atoms with E-state index in [9.17, 15) is 18.0 Å². The molecule has 1 aliphatic rings. The van der Waals surface area contributed by atoms with E-state index in [-0.39, 0.29) is 36.3 Å². The third-order valence-electron chi connectivity index (χ3n) is 4.84. The molecule has 0 aliphatic carbocycles. The van der Waals surface area contributed by atoms with Crippen LogP contribution in [0.2, 0.25) is 0 Å². The van der Waals surface area contributed by atoms with Gasteiger partial charge in [0.05, 0.1) is 23.1 Å². The molecule has 0 atom stereocenters. The molecule has 1 saturated heterocycles. The van der Waals surface area contributed by atoms with Crippen molar-refractivity contribution in [2.75, 3.05) is 26.2 Å². The van der Waals surface area contributed by atoms with E-state index in [4.69, 9.17) is 5.26 Å². The molecule has 31 heavy (non-hydrogen) atoms. The lowest BCUT2D eigenvalue weighted by atomic mass is 10.1. The summed E-state index contributed by atoms with van der Waals surface area (Å²) in [6.45, 7) is 4.57. The first-order chi connectivity index (χ1) is 14.8. The van der Waals surface area contributed by atoms with E-state index >= 15 is 0 Å². The Morgan fingerprint density at radius 1 is 1.19 bits per heavy atom. The molecule has 3 rings (SSSR count). The summed E-state index contributed by atoms with van der Waals surface area (Å²) in [4.78, 5) is 26.1. The number of nitrogens with one attached hydrogen (secondary N) is 1. The van der Waals surface area contributed by atoms with Gasteiger partial charge < -0.3 is 10.2 Å². The van der Waals surface area contributed by atoms with Gasteiger partial charge in [0.15, 0.2) is 0 Å². The number of nitriles is 1. The Morgan fingerprint density at radius 2 is 1.87 bits per heavy atom. The molecular formula is C22H22N4O4S. The third-order valence-corrected chi connectivity index (χ3v) is 6.69. The van der Waals surface area contributed by atoms with Crippen LogP contribution in [0.3, 0.4) is 0 Å². The molecule has 0 unspecified atom stereocenters. The summed E-state index contributed by atoms with van der Waals surface area (Å²) >= 11 is 0. The minimum atomic E-state index is -3.82. The van der Waals surface area contributed by atoms with Crippen LogP contribution in [0, 0.1) is 11.3 Å². The molecule has 1 aliphatic heterocycles. The summed E-state index contributed by atoms with van der Waals surface area (Å²) in [7, 11) is -3.82. The average molecular weight is 439 g/mol. The Kier molecular flexibility index (Phi) is 6.84. The molecule has 8 nitrogen and oxygen atoms in total. The predicted molar refractivity (Wildman–Crippen MR) is 114 cm³/mol. The molecule has 0 bridgehead atoms. The molecule has 2 amide bonds. The summed E-state index contributed by atoms with van der Waals surface area (Å²) in [5.74, 6) is -0.616. The monoisotopic (exact) mass is 438 g/mol. The van der Waals surface area contributed by atoms with Gasteiger partial charge in [-0.1, -0.05) is 18.2 Å². The fraction of sp³-hybridized carbons (Fsp3) is 0.227. The number of amides is 2. The Hall–Kier alpha value is -3.48. The molecule has 1 N–H and O–H groups in total. The highest BCUT2D eigenvalue weighted by atomic mass is 32.2. The second-order valence-electron chi connectivity index (χ2n) is 7.00. The number of hydrogen-bond donors (Lipinski definition) is 1. The van der Waals surface area contributed by atoms with Crippen molar-refractivity contribution in [3.63, 3.8) is 0 Å². The molecule has 160 valence electrons. The van der Waals surface area contributed by atoms with E-state index in [1.165, 1.54) is 24.3 Å². The number of carbonyl (C=O) groups is 2. The van der Waals surface area contributed by atoms with Crippen LogP contribution >= 0.6 is 0 Å². The van der Waals surface area contributed by atoms with Crippen LogP contribution in [0.1, 0.15) is 21.5 Å². The molecule has 9 heteroatoms. The molecule has 0 saturated carbocycles. The van der Waals surface area contributed by atoms with Gasteiger partial charge in [-0.05, 0) is 42.0 Å². The van der Waals surface area contributed by atoms with E-state index in [1.54, 1.807) is 35.2 Å². The minimum absolute atomic E-state index is 0.0288. The van der Waals surface area contributed by atoms with Gasteiger partial charge >= 0.3 is 0 Å². The van der Waals surface area contributed by atoms with E-state index < -0.39 is 10.0 Å². The van der Waals surface area contributed by atoms with Gasteiger partial charge in [0.1, 0.15) is 0 Å².